The minimum Gasteiger partial charge on any atom is -0.296 e. The Morgan fingerprint density at radius 2 is 1.23 bits per heavy atom. The average molecular weight is 466 g/mol. The maximum Gasteiger partial charge on any atom is 0.169 e. The average Bonchev–Trinajstić information content (AvgIpc) is 2.60. The molecule has 0 aliphatic rings. The van der Waals surface area contributed by atoms with Crippen LogP contribution in [0.25, 0.3) is 22.3 Å². The summed E-state index contributed by atoms with van der Waals surface area (Å²) in [5.41, 5.74) is 2.29. The zero-order chi connectivity index (χ0) is 19.0. The topological polar surface area (TPSA) is 30.0 Å². The van der Waals surface area contributed by atoms with Crippen LogP contribution in [0.5, 0.6) is 0 Å². The molecule has 0 N–H and O–H groups in total. The van der Waals surface area contributed by atoms with Gasteiger partial charge in [0.25, 0.3) is 0 Å². The largest absolute Gasteiger partial charge is 0.296 e. The quantitative estimate of drug-likeness (QED) is 0.288. The third-order valence-corrected chi connectivity index (χ3v) is 5.66. The molecule has 132 valence electrons. The number of hydrogen-bond donors (Lipinski definition) is 0. The third-order valence-electron chi connectivity index (χ3n) is 3.62. The van der Waals surface area contributed by atoms with Gasteiger partial charge in [0.15, 0.2) is 6.29 Å². The van der Waals surface area contributed by atoms with Crippen LogP contribution in [0.15, 0.2) is 36.5 Å². The molecule has 0 spiro atoms. The van der Waals surface area contributed by atoms with Gasteiger partial charge in [0, 0.05) is 38.5 Å². The monoisotopic (exact) mass is 463 g/mol. The highest BCUT2D eigenvalue weighted by Gasteiger charge is 2.17. The van der Waals surface area contributed by atoms with Gasteiger partial charge in [0.1, 0.15) is 5.69 Å². The van der Waals surface area contributed by atoms with Crippen molar-refractivity contribution >= 4 is 75.9 Å². The standard InChI is InChI=1S/C18H7Cl6NO/c19-9-2-11(17(23)14(21)4-9)8-1-12(16(7-26)25-6-8)13-3-10(20)5-15(22)18(13)24/h1-7H. The van der Waals surface area contributed by atoms with Crippen molar-refractivity contribution < 1.29 is 4.79 Å². The van der Waals surface area contributed by atoms with Crippen molar-refractivity contribution in [2.24, 2.45) is 0 Å². The molecule has 0 saturated carbocycles. The summed E-state index contributed by atoms with van der Waals surface area (Å²) in [4.78, 5) is 15.7. The van der Waals surface area contributed by atoms with E-state index in [1.807, 2.05) is 0 Å². The van der Waals surface area contributed by atoms with E-state index in [4.69, 9.17) is 69.6 Å². The zero-order valence-corrected chi connectivity index (χ0v) is 17.2. The van der Waals surface area contributed by atoms with Gasteiger partial charge in [-0.25, -0.2) is 0 Å². The Bertz CT molecular complexity index is 1030. The van der Waals surface area contributed by atoms with Gasteiger partial charge in [-0.2, -0.15) is 0 Å². The molecule has 0 aliphatic heterocycles. The van der Waals surface area contributed by atoms with E-state index in [1.54, 1.807) is 18.2 Å². The van der Waals surface area contributed by atoms with E-state index in [-0.39, 0.29) is 15.7 Å². The molecule has 0 atom stereocenters. The first-order chi connectivity index (χ1) is 12.3. The lowest BCUT2D eigenvalue weighted by Gasteiger charge is -2.13. The molecule has 3 rings (SSSR count). The van der Waals surface area contributed by atoms with Crippen molar-refractivity contribution in [2.75, 3.05) is 0 Å². The van der Waals surface area contributed by atoms with E-state index in [9.17, 15) is 4.79 Å². The van der Waals surface area contributed by atoms with Crippen LogP contribution in [0.1, 0.15) is 10.5 Å². The van der Waals surface area contributed by atoms with Gasteiger partial charge in [0.2, 0.25) is 0 Å². The predicted octanol–water partition coefficient (Wildman–Crippen LogP) is 8.15. The van der Waals surface area contributed by atoms with Crippen molar-refractivity contribution in [3.8, 4) is 22.3 Å². The Balaban J connectivity index is 2.29. The number of aromatic nitrogens is 1. The summed E-state index contributed by atoms with van der Waals surface area (Å²) in [5, 5.41) is 1.94. The van der Waals surface area contributed by atoms with Crippen LogP contribution in [-0.2, 0) is 0 Å². The van der Waals surface area contributed by atoms with Crippen molar-refractivity contribution in [2.45, 2.75) is 0 Å². The Morgan fingerprint density at radius 1 is 0.692 bits per heavy atom. The number of carbonyl (C=O) groups is 1. The molecule has 3 aromatic rings. The lowest BCUT2D eigenvalue weighted by atomic mass is 9.99. The Morgan fingerprint density at radius 3 is 1.81 bits per heavy atom. The molecule has 0 aliphatic carbocycles. The maximum atomic E-state index is 11.5. The second kappa shape index (κ2) is 7.93. The SMILES string of the molecule is O=Cc1ncc(-c2cc(Cl)cc(Cl)c2Cl)cc1-c1cc(Cl)cc(Cl)c1Cl. The Kier molecular flexibility index (Phi) is 6.03. The van der Waals surface area contributed by atoms with E-state index >= 15 is 0 Å². The van der Waals surface area contributed by atoms with Crippen LogP contribution < -0.4 is 0 Å². The van der Waals surface area contributed by atoms with Gasteiger partial charge in [0.05, 0.1) is 20.1 Å². The molecule has 0 radical (unpaired) electrons. The van der Waals surface area contributed by atoms with Crippen LogP contribution in [0.3, 0.4) is 0 Å². The number of aldehydes is 1. The van der Waals surface area contributed by atoms with E-state index in [1.165, 1.54) is 18.3 Å². The number of halogens is 6. The van der Waals surface area contributed by atoms with Crippen LogP contribution in [0.4, 0.5) is 0 Å². The number of hydrogen-bond acceptors (Lipinski definition) is 2. The molecule has 0 bridgehead atoms. The Hall–Kier alpha value is -1.000. The van der Waals surface area contributed by atoms with Crippen LogP contribution in [0, 0.1) is 0 Å². The van der Waals surface area contributed by atoms with Gasteiger partial charge in [-0.05, 0) is 30.3 Å². The van der Waals surface area contributed by atoms with Crippen LogP contribution in [-0.4, -0.2) is 11.3 Å². The highest BCUT2D eigenvalue weighted by atomic mass is 35.5. The molecule has 0 fully saturated rings. The number of carbonyl (C=O) groups excluding carboxylic acids is 1. The van der Waals surface area contributed by atoms with Gasteiger partial charge in [-0.3, -0.25) is 9.78 Å². The summed E-state index contributed by atoms with van der Waals surface area (Å²) in [7, 11) is 0. The molecule has 26 heavy (non-hydrogen) atoms. The number of nitrogens with zero attached hydrogens (tertiary/aromatic N) is 1. The smallest absolute Gasteiger partial charge is 0.169 e. The summed E-state index contributed by atoms with van der Waals surface area (Å²) < 4.78 is 0. The summed E-state index contributed by atoms with van der Waals surface area (Å²) in [5.74, 6) is 0. The zero-order valence-electron chi connectivity index (χ0n) is 12.7. The van der Waals surface area contributed by atoms with E-state index in [0.717, 1.165) is 0 Å². The van der Waals surface area contributed by atoms with Gasteiger partial charge in [-0.1, -0.05) is 69.6 Å². The van der Waals surface area contributed by atoms with E-state index in [2.05, 4.69) is 4.98 Å². The first-order valence-electron chi connectivity index (χ1n) is 7.07. The molecular weight excluding hydrogens is 459 g/mol. The summed E-state index contributed by atoms with van der Waals surface area (Å²) in [6, 6.07) is 8.02. The number of rotatable bonds is 3. The molecular formula is C18H7Cl6NO. The molecule has 2 nitrogen and oxygen atoms in total. The molecule has 8 heteroatoms. The van der Waals surface area contributed by atoms with Crippen molar-refractivity contribution in [3.05, 3.63) is 72.4 Å². The maximum absolute atomic E-state index is 11.5. The van der Waals surface area contributed by atoms with Gasteiger partial charge >= 0.3 is 0 Å². The Labute approximate surface area is 179 Å². The highest BCUT2D eigenvalue weighted by Crippen LogP contribution is 2.41. The molecule has 0 unspecified atom stereocenters. The number of benzene rings is 2. The van der Waals surface area contributed by atoms with Crippen LogP contribution >= 0.6 is 69.6 Å². The first-order valence-corrected chi connectivity index (χ1v) is 9.33. The summed E-state index contributed by atoms with van der Waals surface area (Å²) in [6.45, 7) is 0. The molecule has 0 saturated heterocycles. The van der Waals surface area contributed by atoms with Crippen molar-refractivity contribution in [1.29, 1.82) is 0 Å². The van der Waals surface area contributed by atoms with Gasteiger partial charge < -0.3 is 0 Å². The minimum atomic E-state index is 0.179. The predicted molar refractivity (Wildman–Crippen MR) is 111 cm³/mol. The second-order valence-electron chi connectivity index (χ2n) is 5.27. The summed E-state index contributed by atoms with van der Waals surface area (Å²) in [6.07, 6.45) is 2.12. The fourth-order valence-electron chi connectivity index (χ4n) is 2.45. The molecule has 2 aromatic carbocycles. The van der Waals surface area contributed by atoms with Crippen LogP contribution in [0.2, 0.25) is 30.1 Å². The molecule has 1 heterocycles. The van der Waals surface area contributed by atoms with Gasteiger partial charge in [-0.15, -0.1) is 0 Å². The third kappa shape index (κ3) is 3.82. The molecule has 0 amide bonds. The van der Waals surface area contributed by atoms with E-state index < -0.39 is 0 Å². The second-order valence-corrected chi connectivity index (χ2v) is 7.72. The fraction of sp³-hybridized carbons (Fsp3) is 0. The number of pyridine rings is 1. The lowest BCUT2D eigenvalue weighted by molar-refractivity contribution is 0.111. The normalized spacial score (nSPS) is 10.8. The summed E-state index contributed by atoms with van der Waals surface area (Å²) >= 11 is 37.0. The van der Waals surface area contributed by atoms with Crippen molar-refractivity contribution in [1.82, 2.24) is 4.98 Å². The first kappa shape index (κ1) is 19.8. The van der Waals surface area contributed by atoms with E-state index in [0.29, 0.717) is 48.6 Å². The lowest BCUT2D eigenvalue weighted by Crippen LogP contribution is -1.95. The minimum absolute atomic E-state index is 0.179. The van der Waals surface area contributed by atoms with Crippen molar-refractivity contribution in [3.63, 3.8) is 0 Å². The molecule has 1 aromatic heterocycles. The highest BCUT2D eigenvalue weighted by molar-refractivity contribution is 6.46. The fourth-order valence-corrected chi connectivity index (χ4v) is 3.87.